The summed E-state index contributed by atoms with van der Waals surface area (Å²) in [6.45, 7) is 4.95. The number of likely N-dealkylation sites (N-methyl/N-ethyl adjacent to an activating group) is 1. The monoisotopic (exact) mass is 359 g/mol. The van der Waals surface area contributed by atoms with Gasteiger partial charge in [-0.15, -0.1) is 0 Å². The van der Waals surface area contributed by atoms with Crippen LogP contribution < -0.4 is 5.32 Å². The molecule has 1 unspecified atom stereocenters. The molecule has 6 heteroatoms. The molecule has 2 aromatic rings. The first-order valence-electron chi connectivity index (χ1n) is 6.77. The minimum absolute atomic E-state index is 0.0745. The van der Waals surface area contributed by atoms with Crippen LogP contribution >= 0.6 is 27.5 Å². The molecule has 0 aromatic carbocycles. The summed E-state index contributed by atoms with van der Waals surface area (Å²) in [6.07, 6.45) is 1.59. The normalized spacial score (nSPS) is 12.8. The van der Waals surface area contributed by atoms with E-state index in [9.17, 15) is 0 Å². The molecule has 0 aliphatic heterocycles. The molecule has 1 N–H and O–H groups in total. The SMILES string of the molecule is CCc1nn(CC)c(CC(NC)c2ccc(Br)o2)c1Cl. The molecule has 0 bridgehead atoms. The fraction of sp³-hybridized carbons (Fsp3) is 0.500. The van der Waals surface area contributed by atoms with Gasteiger partial charge < -0.3 is 9.73 Å². The number of furan rings is 1. The van der Waals surface area contributed by atoms with E-state index in [2.05, 4.69) is 40.2 Å². The molecular formula is C14H19BrClN3O. The molecule has 1 atom stereocenters. The Bertz CT molecular complexity index is 579. The van der Waals surface area contributed by atoms with E-state index in [4.69, 9.17) is 16.0 Å². The van der Waals surface area contributed by atoms with Gasteiger partial charge in [0, 0.05) is 13.0 Å². The lowest BCUT2D eigenvalue weighted by molar-refractivity contribution is 0.410. The average Bonchev–Trinajstić information content (AvgIpc) is 3.00. The van der Waals surface area contributed by atoms with Crippen molar-refractivity contribution in [2.24, 2.45) is 0 Å². The van der Waals surface area contributed by atoms with Crippen LogP contribution in [0.1, 0.15) is 37.0 Å². The van der Waals surface area contributed by atoms with Gasteiger partial charge in [0.1, 0.15) is 5.76 Å². The lowest BCUT2D eigenvalue weighted by Crippen LogP contribution is -2.20. The van der Waals surface area contributed by atoms with Crippen LogP contribution in [0.2, 0.25) is 5.02 Å². The predicted octanol–water partition coefficient (Wildman–Crippen LogP) is 3.98. The summed E-state index contributed by atoms with van der Waals surface area (Å²) >= 11 is 9.79. The third kappa shape index (κ3) is 3.10. The molecule has 0 spiro atoms. The second-order valence-electron chi connectivity index (χ2n) is 4.56. The lowest BCUT2D eigenvalue weighted by atomic mass is 10.1. The molecule has 0 aliphatic rings. The quantitative estimate of drug-likeness (QED) is 0.847. The van der Waals surface area contributed by atoms with Crippen LogP contribution in [0.15, 0.2) is 21.2 Å². The van der Waals surface area contributed by atoms with E-state index in [1.165, 1.54) is 0 Å². The van der Waals surface area contributed by atoms with Crippen LogP contribution in [-0.4, -0.2) is 16.8 Å². The molecule has 0 saturated carbocycles. The molecule has 0 amide bonds. The molecule has 0 saturated heterocycles. The molecule has 4 nitrogen and oxygen atoms in total. The largest absolute Gasteiger partial charge is 0.453 e. The van der Waals surface area contributed by atoms with Crippen molar-refractivity contribution >= 4 is 27.5 Å². The van der Waals surface area contributed by atoms with Crippen molar-refractivity contribution < 1.29 is 4.42 Å². The number of rotatable bonds is 6. The maximum Gasteiger partial charge on any atom is 0.169 e. The number of hydrogen-bond donors (Lipinski definition) is 1. The number of hydrogen-bond acceptors (Lipinski definition) is 3. The highest BCUT2D eigenvalue weighted by Crippen LogP contribution is 2.28. The van der Waals surface area contributed by atoms with Crippen molar-refractivity contribution in [2.75, 3.05) is 7.05 Å². The Morgan fingerprint density at radius 2 is 2.20 bits per heavy atom. The maximum absolute atomic E-state index is 6.45. The van der Waals surface area contributed by atoms with Gasteiger partial charge in [0.25, 0.3) is 0 Å². The number of nitrogens with zero attached hydrogens (tertiary/aromatic N) is 2. The van der Waals surface area contributed by atoms with Crippen LogP contribution in [0.25, 0.3) is 0 Å². The summed E-state index contributed by atoms with van der Waals surface area (Å²) in [4.78, 5) is 0. The summed E-state index contributed by atoms with van der Waals surface area (Å²) in [7, 11) is 1.92. The van der Waals surface area contributed by atoms with Crippen LogP contribution in [0.3, 0.4) is 0 Å². The van der Waals surface area contributed by atoms with Crippen LogP contribution in [-0.2, 0) is 19.4 Å². The van der Waals surface area contributed by atoms with Gasteiger partial charge in [-0.05, 0) is 48.5 Å². The standard InChI is InChI=1S/C14H19BrClN3O/c1-4-9-14(16)11(19(5-2)18-9)8-10(17-3)12-6-7-13(15)20-12/h6-7,10,17H,4-5,8H2,1-3H3. The van der Waals surface area contributed by atoms with E-state index < -0.39 is 0 Å². The van der Waals surface area contributed by atoms with Gasteiger partial charge in [-0.2, -0.15) is 5.10 Å². The van der Waals surface area contributed by atoms with Gasteiger partial charge in [0.05, 0.1) is 22.5 Å². The molecule has 2 rings (SSSR count). The van der Waals surface area contributed by atoms with E-state index in [1.807, 2.05) is 23.9 Å². The highest BCUT2D eigenvalue weighted by Gasteiger charge is 2.21. The molecular weight excluding hydrogens is 342 g/mol. The minimum Gasteiger partial charge on any atom is -0.453 e. The number of aromatic nitrogens is 2. The third-order valence-corrected chi connectivity index (χ3v) is 4.24. The third-order valence-electron chi connectivity index (χ3n) is 3.38. The Morgan fingerprint density at radius 1 is 1.45 bits per heavy atom. The van der Waals surface area contributed by atoms with Crippen molar-refractivity contribution in [2.45, 2.75) is 39.3 Å². The van der Waals surface area contributed by atoms with Crippen molar-refractivity contribution in [1.82, 2.24) is 15.1 Å². The topological polar surface area (TPSA) is 43.0 Å². The van der Waals surface area contributed by atoms with E-state index in [1.54, 1.807) is 0 Å². The van der Waals surface area contributed by atoms with Crippen LogP contribution in [0.5, 0.6) is 0 Å². The van der Waals surface area contributed by atoms with E-state index >= 15 is 0 Å². The Morgan fingerprint density at radius 3 is 2.70 bits per heavy atom. The zero-order valence-electron chi connectivity index (χ0n) is 11.9. The van der Waals surface area contributed by atoms with Gasteiger partial charge in [-0.25, -0.2) is 0 Å². The molecule has 0 aliphatic carbocycles. The lowest BCUT2D eigenvalue weighted by Gasteiger charge is -2.14. The molecule has 20 heavy (non-hydrogen) atoms. The van der Waals surface area contributed by atoms with Gasteiger partial charge in [0.2, 0.25) is 0 Å². The fourth-order valence-electron chi connectivity index (χ4n) is 2.27. The smallest absolute Gasteiger partial charge is 0.169 e. The highest BCUT2D eigenvalue weighted by molar-refractivity contribution is 9.10. The van der Waals surface area contributed by atoms with Crippen molar-refractivity contribution in [3.8, 4) is 0 Å². The van der Waals surface area contributed by atoms with Crippen molar-refractivity contribution in [1.29, 1.82) is 0 Å². The van der Waals surface area contributed by atoms with Gasteiger partial charge in [-0.3, -0.25) is 4.68 Å². The molecule has 2 heterocycles. The van der Waals surface area contributed by atoms with E-state index in [0.717, 1.165) is 46.2 Å². The molecule has 110 valence electrons. The minimum atomic E-state index is 0.0745. The number of aryl methyl sites for hydroxylation is 2. The highest BCUT2D eigenvalue weighted by atomic mass is 79.9. The summed E-state index contributed by atoms with van der Waals surface area (Å²) < 4.78 is 8.35. The van der Waals surface area contributed by atoms with Crippen LogP contribution in [0.4, 0.5) is 0 Å². The van der Waals surface area contributed by atoms with Crippen molar-refractivity contribution in [3.63, 3.8) is 0 Å². The molecule has 0 fully saturated rings. The van der Waals surface area contributed by atoms with Gasteiger partial charge in [-0.1, -0.05) is 18.5 Å². The number of halogens is 2. The zero-order valence-corrected chi connectivity index (χ0v) is 14.3. The molecule has 0 radical (unpaired) electrons. The predicted molar refractivity (Wildman–Crippen MR) is 84.2 cm³/mol. The summed E-state index contributed by atoms with van der Waals surface area (Å²) in [6, 6.07) is 3.94. The Kier molecular flexibility index (Phi) is 5.29. The average molecular weight is 361 g/mol. The van der Waals surface area contributed by atoms with Crippen LogP contribution in [0, 0.1) is 0 Å². The fourth-order valence-corrected chi connectivity index (χ4v) is 2.93. The Balaban J connectivity index is 2.29. The Labute approximate surface area is 132 Å². The first-order valence-corrected chi connectivity index (χ1v) is 7.94. The Hall–Kier alpha value is -0.780. The first kappa shape index (κ1) is 15.6. The van der Waals surface area contributed by atoms with Gasteiger partial charge in [0.15, 0.2) is 4.67 Å². The summed E-state index contributed by atoms with van der Waals surface area (Å²) in [5.41, 5.74) is 2.01. The van der Waals surface area contributed by atoms with Crippen molar-refractivity contribution in [3.05, 3.63) is 39.0 Å². The van der Waals surface area contributed by atoms with E-state index in [0.29, 0.717) is 0 Å². The molecule has 2 aromatic heterocycles. The summed E-state index contributed by atoms with van der Waals surface area (Å²) in [5, 5.41) is 8.60. The first-order chi connectivity index (χ1) is 9.60. The second kappa shape index (κ2) is 6.78. The maximum atomic E-state index is 6.45. The number of nitrogens with one attached hydrogen (secondary N) is 1. The van der Waals surface area contributed by atoms with E-state index in [-0.39, 0.29) is 6.04 Å². The summed E-state index contributed by atoms with van der Waals surface area (Å²) in [5.74, 6) is 0.886. The second-order valence-corrected chi connectivity index (χ2v) is 5.72. The zero-order chi connectivity index (χ0) is 14.7. The van der Waals surface area contributed by atoms with Gasteiger partial charge >= 0.3 is 0 Å².